The van der Waals surface area contributed by atoms with Gasteiger partial charge in [-0.1, -0.05) is 12.5 Å². The number of nitrogens with one attached hydrogen (secondary N) is 2. The van der Waals surface area contributed by atoms with Crippen molar-refractivity contribution in [3.8, 4) is 23.0 Å². The van der Waals surface area contributed by atoms with E-state index in [-0.39, 0.29) is 17.6 Å². The molecule has 2 aromatic carbocycles. The van der Waals surface area contributed by atoms with Crippen LogP contribution in [0.25, 0.3) is 0 Å². The van der Waals surface area contributed by atoms with Gasteiger partial charge in [-0.25, -0.2) is 13.1 Å². The molecule has 0 saturated carbocycles. The molecule has 4 rings (SSSR count). The lowest BCUT2D eigenvalue weighted by atomic mass is 9.93. The van der Waals surface area contributed by atoms with Crippen LogP contribution in [0.3, 0.4) is 0 Å². The topological polar surface area (TPSA) is 112 Å². The molecule has 2 aliphatic heterocycles. The van der Waals surface area contributed by atoms with Crippen molar-refractivity contribution in [2.75, 3.05) is 26.6 Å². The summed E-state index contributed by atoms with van der Waals surface area (Å²) in [5, 5.41) is 3.06. The molecule has 0 unspecified atom stereocenters. The Morgan fingerprint density at radius 3 is 2.38 bits per heavy atom. The second kappa shape index (κ2) is 10.1. The van der Waals surface area contributed by atoms with E-state index in [1.54, 1.807) is 6.07 Å². The Labute approximate surface area is 199 Å². The zero-order chi connectivity index (χ0) is 24.2. The Balaban J connectivity index is 1.18. The maximum Gasteiger partial charge on any atom is 0.240 e. The predicted molar refractivity (Wildman–Crippen MR) is 125 cm³/mol. The van der Waals surface area contributed by atoms with E-state index in [0.717, 1.165) is 12.0 Å². The highest BCUT2D eigenvalue weighted by atomic mass is 32.2. The summed E-state index contributed by atoms with van der Waals surface area (Å²) < 4.78 is 49.3. The molecular formula is C24H30N2O7S. The van der Waals surface area contributed by atoms with Crippen molar-refractivity contribution in [1.82, 2.24) is 10.0 Å². The Bertz CT molecular complexity index is 1150. The number of rotatable bonds is 10. The number of hydrogen-bond acceptors (Lipinski definition) is 7. The van der Waals surface area contributed by atoms with Crippen molar-refractivity contribution < 1.29 is 32.2 Å². The summed E-state index contributed by atoms with van der Waals surface area (Å²) in [6, 6.07) is 10.2. The molecule has 2 heterocycles. The van der Waals surface area contributed by atoms with Gasteiger partial charge in [0.25, 0.3) is 0 Å². The van der Waals surface area contributed by atoms with Crippen LogP contribution in [0.5, 0.6) is 23.0 Å². The number of amides is 1. The van der Waals surface area contributed by atoms with Gasteiger partial charge in [0.05, 0.1) is 10.4 Å². The van der Waals surface area contributed by atoms with Crippen LogP contribution in [0.15, 0.2) is 41.3 Å². The normalized spacial score (nSPS) is 14.6. The van der Waals surface area contributed by atoms with Gasteiger partial charge in [-0.05, 0) is 56.5 Å². The van der Waals surface area contributed by atoms with Gasteiger partial charge in [0.2, 0.25) is 22.7 Å². The highest BCUT2D eigenvalue weighted by Crippen LogP contribution is 2.35. The molecule has 184 valence electrons. The molecule has 10 heteroatoms. The average molecular weight is 491 g/mol. The summed E-state index contributed by atoms with van der Waals surface area (Å²) in [6.45, 7) is 5.22. The molecule has 0 fully saturated rings. The zero-order valence-electron chi connectivity index (χ0n) is 19.4. The minimum absolute atomic E-state index is 0.0560. The van der Waals surface area contributed by atoms with E-state index >= 15 is 0 Å². The van der Waals surface area contributed by atoms with E-state index in [2.05, 4.69) is 10.0 Å². The fraction of sp³-hybridized carbons (Fsp3) is 0.458. The second-order valence-corrected chi connectivity index (χ2v) is 10.5. The summed E-state index contributed by atoms with van der Waals surface area (Å²) in [4.78, 5) is 12.6. The summed E-state index contributed by atoms with van der Waals surface area (Å²) >= 11 is 0. The summed E-state index contributed by atoms with van der Waals surface area (Å²) in [5.41, 5.74) is 0.371. The molecule has 2 aromatic rings. The molecule has 2 N–H and O–H groups in total. The lowest BCUT2D eigenvalue weighted by molar-refractivity contribution is -0.122. The van der Waals surface area contributed by atoms with Crippen molar-refractivity contribution in [3.05, 3.63) is 42.0 Å². The molecule has 0 atom stereocenters. The van der Waals surface area contributed by atoms with Crippen LogP contribution in [0.2, 0.25) is 0 Å². The first-order chi connectivity index (χ1) is 16.2. The first-order valence-electron chi connectivity index (χ1n) is 11.4. The minimum atomic E-state index is -3.64. The molecule has 0 aromatic heterocycles. The molecular weight excluding hydrogens is 460 g/mol. The zero-order valence-corrected chi connectivity index (χ0v) is 20.2. The van der Waals surface area contributed by atoms with E-state index in [9.17, 15) is 13.2 Å². The van der Waals surface area contributed by atoms with Gasteiger partial charge in [-0.2, -0.15) is 0 Å². The summed E-state index contributed by atoms with van der Waals surface area (Å²) in [7, 11) is -3.64. The van der Waals surface area contributed by atoms with Crippen LogP contribution in [0.4, 0.5) is 0 Å². The Kier molecular flexibility index (Phi) is 7.18. The molecule has 9 nitrogen and oxygen atoms in total. The third kappa shape index (κ3) is 5.74. The quantitative estimate of drug-likeness (QED) is 0.492. The number of carbonyl (C=O) groups is 1. The predicted octanol–water partition coefficient (Wildman–Crippen LogP) is 3.08. The minimum Gasteiger partial charge on any atom is -0.486 e. The number of ether oxygens (including phenoxy) is 4. The molecule has 1 amide bonds. The fourth-order valence-corrected chi connectivity index (χ4v) is 4.93. The highest BCUT2D eigenvalue weighted by molar-refractivity contribution is 7.89. The van der Waals surface area contributed by atoms with Crippen molar-refractivity contribution >= 4 is 15.9 Å². The maximum absolute atomic E-state index is 12.5. The molecule has 34 heavy (non-hydrogen) atoms. The highest BCUT2D eigenvalue weighted by Gasteiger charge is 2.25. The standard InChI is InChI=1S/C24H30N2O7S/c1-24(2,17-7-9-20-21(14-17)33-16-32-20)26-23(27)6-4-3-5-11-25-34(28,29)18-8-10-19-22(15-18)31-13-12-30-19/h7-10,14-15,25H,3-6,11-13,16H2,1-2H3,(H,26,27). The number of fused-ring (bicyclic) bond motifs is 2. The SMILES string of the molecule is CC(C)(NC(=O)CCCCCNS(=O)(=O)c1ccc2c(c1)OCCO2)c1ccc2c(c1)OCO2. The van der Waals surface area contributed by atoms with Gasteiger partial charge in [0.15, 0.2) is 23.0 Å². The number of unbranched alkanes of at least 4 members (excludes halogenated alkanes) is 2. The second-order valence-electron chi connectivity index (χ2n) is 8.76. The molecule has 0 radical (unpaired) electrons. The Morgan fingerprint density at radius 1 is 0.882 bits per heavy atom. The summed E-state index contributed by atoms with van der Waals surface area (Å²) in [5.74, 6) is 2.31. The van der Waals surface area contributed by atoms with E-state index in [1.807, 2.05) is 32.0 Å². The van der Waals surface area contributed by atoms with Crippen molar-refractivity contribution in [2.45, 2.75) is 50.0 Å². The molecule has 0 spiro atoms. The van der Waals surface area contributed by atoms with Crippen LogP contribution in [0.1, 0.15) is 45.1 Å². The van der Waals surface area contributed by atoms with Crippen LogP contribution in [-0.2, 0) is 20.4 Å². The van der Waals surface area contributed by atoms with E-state index in [4.69, 9.17) is 18.9 Å². The van der Waals surface area contributed by atoms with Gasteiger partial charge >= 0.3 is 0 Å². The third-order valence-corrected chi connectivity index (χ3v) is 7.20. The van der Waals surface area contributed by atoms with Crippen molar-refractivity contribution in [2.24, 2.45) is 0 Å². The number of sulfonamides is 1. The van der Waals surface area contributed by atoms with Gasteiger partial charge in [-0.15, -0.1) is 0 Å². The van der Waals surface area contributed by atoms with Gasteiger partial charge < -0.3 is 24.3 Å². The summed E-state index contributed by atoms with van der Waals surface area (Å²) in [6.07, 6.45) is 2.38. The van der Waals surface area contributed by atoms with Gasteiger partial charge in [-0.3, -0.25) is 4.79 Å². The molecule has 2 aliphatic rings. The van der Waals surface area contributed by atoms with E-state index in [0.29, 0.717) is 62.0 Å². The number of hydrogen-bond donors (Lipinski definition) is 2. The maximum atomic E-state index is 12.5. The first kappa shape index (κ1) is 24.2. The van der Waals surface area contributed by atoms with Crippen LogP contribution in [0, 0.1) is 0 Å². The van der Waals surface area contributed by atoms with Crippen LogP contribution >= 0.6 is 0 Å². The van der Waals surface area contributed by atoms with Gasteiger partial charge in [0.1, 0.15) is 13.2 Å². The van der Waals surface area contributed by atoms with E-state index in [1.165, 1.54) is 12.1 Å². The Morgan fingerprint density at radius 2 is 1.56 bits per heavy atom. The third-order valence-electron chi connectivity index (χ3n) is 5.74. The average Bonchev–Trinajstić information content (AvgIpc) is 3.29. The Hall–Kier alpha value is -2.98. The van der Waals surface area contributed by atoms with E-state index < -0.39 is 15.6 Å². The lowest BCUT2D eigenvalue weighted by Gasteiger charge is -2.27. The van der Waals surface area contributed by atoms with Crippen molar-refractivity contribution in [3.63, 3.8) is 0 Å². The molecule has 0 saturated heterocycles. The van der Waals surface area contributed by atoms with Gasteiger partial charge in [0, 0.05) is 19.0 Å². The van der Waals surface area contributed by atoms with Crippen LogP contribution in [-0.4, -0.2) is 40.9 Å². The smallest absolute Gasteiger partial charge is 0.240 e. The number of benzene rings is 2. The first-order valence-corrected chi connectivity index (χ1v) is 12.8. The lowest BCUT2D eigenvalue weighted by Crippen LogP contribution is -2.40. The monoisotopic (exact) mass is 490 g/mol. The molecule has 0 bridgehead atoms. The largest absolute Gasteiger partial charge is 0.486 e. The fourth-order valence-electron chi connectivity index (χ4n) is 3.84. The molecule has 0 aliphatic carbocycles. The van der Waals surface area contributed by atoms with Crippen LogP contribution < -0.4 is 29.0 Å². The van der Waals surface area contributed by atoms with Crippen molar-refractivity contribution in [1.29, 1.82) is 0 Å². The number of carbonyl (C=O) groups excluding carboxylic acids is 1.